The Morgan fingerprint density at radius 1 is 1.18 bits per heavy atom. The molecule has 0 bridgehead atoms. The van der Waals surface area contributed by atoms with Crippen molar-refractivity contribution in [2.45, 2.75) is 11.9 Å². The quantitative estimate of drug-likeness (QED) is 0.878. The van der Waals surface area contributed by atoms with Gasteiger partial charge in [-0.1, -0.05) is 41.9 Å². The minimum atomic E-state index is -3.52. The Kier molecular flexibility index (Phi) is 5.45. The van der Waals surface area contributed by atoms with E-state index < -0.39 is 15.9 Å². The minimum absolute atomic E-state index is 0.235. The van der Waals surface area contributed by atoms with Gasteiger partial charge in [0.1, 0.15) is 5.75 Å². The second kappa shape index (κ2) is 7.13. The third-order valence-corrected chi connectivity index (χ3v) is 5.02. The Hall–Kier alpha value is -1.56. The summed E-state index contributed by atoms with van der Waals surface area (Å²) in [6.45, 7) is 0. The Labute approximate surface area is 135 Å². The second-order valence-electron chi connectivity index (χ2n) is 4.94. The maximum absolute atomic E-state index is 12.3. The lowest BCUT2D eigenvalue weighted by atomic mass is 10.1. The number of sulfone groups is 1. The van der Waals surface area contributed by atoms with Crippen molar-refractivity contribution in [2.24, 2.45) is 0 Å². The molecule has 0 spiro atoms. The van der Waals surface area contributed by atoms with E-state index in [0.717, 1.165) is 0 Å². The van der Waals surface area contributed by atoms with Crippen molar-refractivity contribution >= 4 is 21.4 Å². The molecular weight excluding hydrogens is 324 g/mol. The number of hydrogen-bond donors (Lipinski definition) is 1. The van der Waals surface area contributed by atoms with Crippen LogP contribution in [0.15, 0.2) is 48.5 Å². The van der Waals surface area contributed by atoms with Crippen molar-refractivity contribution in [3.8, 4) is 5.75 Å². The summed E-state index contributed by atoms with van der Waals surface area (Å²) in [5.41, 5.74) is 1.05. The summed E-state index contributed by atoms with van der Waals surface area (Å²) < 4.78 is 29.8. The highest BCUT2D eigenvalue weighted by atomic mass is 35.5. The normalized spacial score (nSPS) is 12.9. The first-order valence-corrected chi connectivity index (χ1v) is 8.87. The zero-order chi connectivity index (χ0) is 16.2. The van der Waals surface area contributed by atoms with Gasteiger partial charge < -0.3 is 9.84 Å². The van der Waals surface area contributed by atoms with E-state index in [-0.39, 0.29) is 11.5 Å². The molecule has 0 fully saturated rings. The lowest BCUT2D eigenvalue weighted by Crippen LogP contribution is -2.16. The van der Waals surface area contributed by atoms with Gasteiger partial charge in [0.15, 0.2) is 9.84 Å². The molecule has 118 valence electrons. The minimum Gasteiger partial charge on any atom is -0.496 e. The summed E-state index contributed by atoms with van der Waals surface area (Å²) >= 11 is 5.90. The molecule has 0 aliphatic heterocycles. The van der Waals surface area contributed by atoms with E-state index in [1.165, 1.54) is 7.11 Å². The van der Waals surface area contributed by atoms with E-state index in [0.29, 0.717) is 21.9 Å². The number of methoxy groups -OCH3 is 1. The first-order chi connectivity index (χ1) is 10.4. The van der Waals surface area contributed by atoms with E-state index in [1.54, 1.807) is 42.5 Å². The molecule has 0 saturated carbocycles. The third-order valence-electron chi connectivity index (χ3n) is 3.21. The van der Waals surface area contributed by atoms with Gasteiger partial charge in [0.05, 0.1) is 24.7 Å². The van der Waals surface area contributed by atoms with Gasteiger partial charge >= 0.3 is 0 Å². The average molecular weight is 341 g/mol. The molecular formula is C16H17ClO4S. The van der Waals surface area contributed by atoms with E-state index in [2.05, 4.69) is 0 Å². The van der Waals surface area contributed by atoms with E-state index in [4.69, 9.17) is 16.3 Å². The molecule has 2 aromatic carbocycles. The molecule has 0 aliphatic carbocycles. The Morgan fingerprint density at radius 3 is 2.50 bits per heavy atom. The van der Waals surface area contributed by atoms with E-state index in [9.17, 15) is 13.5 Å². The summed E-state index contributed by atoms with van der Waals surface area (Å²) in [4.78, 5) is 0. The highest BCUT2D eigenvalue weighted by Gasteiger charge is 2.21. The van der Waals surface area contributed by atoms with Crippen LogP contribution in [0.3, 0.4) is 0 Å². The fourth-order valence-electron chi connectivity index (χ4n) is 2.17. The number of hydrogen-bond acceptors (Lipinski definition) is 4. The highest BCUT2D eigenvalue weighted by Crippen LogP contribution is 2.26. The van der Waals surface area contributed by atoms with Crippen LogP contribution in [-0.4, -0.2) is 26.4 Å². The van der Waals surface area contributed by atoms with Crippen molar-refractivity contribution in [1.82, 2.24) is 0 Å². The summed E-state index contributed by atoms with van der Waals surface area (Å²) in [5, 5.41) is 10.5. The molecule has 6 heteroatoms. The van der Waals surface area contributed by atoms with Crippen molar-refractivity contribution in [3.05, 3.63) is 64.7 Å². The van der Waals surface area contributed by atoms with Gasteiger partial charge in [0, 0.05) is 10.6 Å². The number of aliphatic hydroxyl groups is 1. The van der Waals surface area contributed by atoms with Gasteiger partial charge in [-0.15, -0.1) is 0 Å². The lowest BCUT2D eigenvalue weighted by Gasteiger charge is -2.13. The van der Waals surface area contributed by atoms with Gasteiger partial charge in [-0.2, -0.15) is 0 Å². The van der Waals surface area contributed by atoms with Crippen molar-refractivity contribution < 1.29 is 18.3 Å². The summed E-state index contributed by atoms with van der Waals surface area (Å²) in [6.07, 6.45) is -1.06. The van der Waals surface area contributed by atoms with Crippen molar-refractivity contribution in [1.29, 1.82) is 0 Å². The van der Waals surface area contributed by atoms with Gasteiger partial charge in [-0.25, -0.2) is 8.42 Å². The van der Waals surface area contributed by atoms with Gasteiger partial charge in [-0.3, -0.25) is 0 Å². The first-order valence-electron chi connectivity index (χ1n) is 6.67. The smallest absolute Gasteiger partial charge is 0.157 e. The molecule has 0 radical (unpaired) electrons. The summed E-state index contributed by atoms with van der Waals surface area (Å²) in [7, 11) is -2.05. The lowest BCUT2D eigenvalue weighted by molar-refractivity contribution is 0.201. The van der Waals surface area contributed by atoms with Gasteiger partial charge in [0.2, 0.25) is 0 Å². The van der Waals surface area contributed by atoms with Gasteiger partial charge in [-0.05, 0) is 23.8 Å². The van der Waals surface area contributed by atoms with Crippen LogP contribution >= 0.6 is 11.6 Å². The number of rotatable bonds is 6. The predicted molar refractivity (Wildman–Crippen MR) is 86.9 cm³/mol. The van der Waals surface area contributed by atoms with Crippen LogP contribution in [0.5, 0.6) is 5.75 Å². The third kappa shape index (κ3) is 4.47. The second-order valence-corrected chi connectivity index (χ2v) is 7.48. The Bertz CT molecular complexity index is 729. The predicted octanol–water partition coefficient (Wildman–Crippen LogP) is 3.00. The van der Waals surface area contributed by atoms with Crippen LogP contribution in [0.25, 0.3) is 0 Å². The Balaban J connectivity index is 2.16. The fraction of sp³-hybridized carbons (Fsp3) is 0.250. The molecule has 2 rings (SSSR count). The molecule has 0 aliphatic rings. The van der Waals surface area contributed by atoms with Crippen LogP contribution < -0.4 is 4.74 Å². The summed E-state index contributed by atoms with van der Waals surface area (Å²) in [5.74, 6) is -0.130. The molecule has 1 atom stereocenters. The number of ether oxygens (including phenoxy) is 1. The first kappa shape index (κ1) is 16.8. The zero-order valence-electron chi connectivity index (χ0n) is 12.1. The van der Waals surface area contributed by atoms with E-state index >= 15 is 0 Å². The van der Waals surface area contributed by atoms with Crippen LogP contribution in [0.1, 0.15) is 17.2 Å². The largest absolute Gasteiger partial charge is 0.496 e. The van der Waals surface area contributed by atoms with E-state index in [1.807, 2.05) is 6.07 Å². The number of aliphatic hydroxyl groups excluding tert-OH is 1. The van der Waals surface area contributed by atoms with Crippen LogP contribution in [-0.2, 0) is 15.6 Å². The maximum Gasteiger partial charge on any atom is 0.157 e. The SMILES string of the molecule is COc1ccc(Cl)cc1CS(=O)(=O)C[C@H](O)c1ccccc1. The molecule has 0 amide bonds. The van der Waals surface area contributed by atoms with Crippen LogP contribution in [0.4, 0.5) is 0 Å². The molecule has 1 N–H and O–H groups in total. The van der Waals surface area contributed by atoms with Crippen molar-refractivity contribution in [3.63, 3.8) is 0 Å². The molecule has 0 saturated heterocycles. The number of benzene rings is 2. The molecule has 4 nitrogen and oxygen atoms in total. The number of halogens is 1. The topological polar surface area (TPSA) is 63.6 Å². The molecule has 0 aromatic heterocycles. The summed E-state index contributed by atoms with van der Waals surface area (Å²) in [6, 6.07) is 13.5. The van der Waals surface area contributed by atoms with Crippen molar-refractivity contribution in [2.75, 3.05) is 12.9 Å². The molecule has 2 aromatic rings. The van der Waals surface area contributed by atoms with Crippen LogP contribution in [0.2, 0.25) is 5.02 Å². The van der Waals surface area contributed by atoms with Gasteiger partial charge in [0.25, 0.3) is 0 Å². The fourth-order valence-corrected chi connectivity index (χ4v) is 3.85. The maximum atomic E-state index is 12.3. The average Bonchev–Trinajstić information content (AvgIpc) is 2.47. The Morgan fingerprint density at radius 2 is 1.86 bits per heavy atom. The zero-order valence-corrected chi connectivity index (χ0v) is 13.6. The van der Waals surface area contributed by atoms with Crippen LogP contribution in [0, 0.1) is 0 Å². The molecule has 0 heterocycles. The molecule has 0 unspecified atom stereocenters. The monoisotopic (exact) mass is 340 g/mol. The highest BCUT2D eigenvalue weighted by molar-refractivity contribution is 7.90. The standard InChI is InChI=1S/C16H17ClO4S/c1-21-16-8-7-14(17)9-13(16)10-22(19,20)11-15(18)12-5-3-2-4-6-12/h2-9,15,18H,10-11H2,1H3/t15-/m0/s1. The molecule has 22 heavy (non-hydrogen) atoms.